The summed E-state index contributed by atoms with van der Waals surface area (Å²) in [7, 11) is 2.81. The second kappa shape index (κ2) is 6.76. The van der Waals surface area contributed by atoms with Crippen LogP contribution >= 0.6 is 0 Å². The molecule has 0 spiro atoms. The number of rotatable bonds is 6. The summed E-state index contributed by atoms with van der Waals surface area (Å²) in [5.74, 6) is -0.932. The van der Waals surface area contributed by atoms with Crippen molar-refractivity contribution in [3.05, 3.63) is 17.7 Å². The van der Waals surface area contributed by atoms with Crippen LogP contribution in [0.3, 0.4) is 0 Å². The van der Waals surface area contributed by atoms with E-state index in [4.69, 9.17) is 25.1 Å². The number of benzene rings is 1. The van der Waals surface area contributed by atoms with E-state index in [1.165, 1.54) is 21.1 Å². The lowest BCUT2D eigenvalue weighted by Crippen LogP contribution is -2.32. The first kappa shape index (κ1) is 15.8. The third-order valence-corrected chi connectivity index (χ3v) is 2.54. The topological polar surface area (TPSA) is 108 Å². The molecule has 0 heterocycles. The zero-order valence-electron chi connectivity index (χ0n) is 11.5. The van der Waals surface area contributed by atoms with Crippen molar-refractivity contribution in [3.63, 3.8) is 0 Å². The van der Waals surface area contributed by atoms with Crippen molar-refractivity contribution >= 4 is 11.9 Å². The van der Waals surface area contributed by atoms with Crippen LogP contribution in [0.2, 0.25) is 0 Å². The highest BCUT2D eigenvalue weighted by Crippen LogP contribution is 2.38. The highest BCUT2D eigenvalue weighted by atomic mass is 16.6. The molecular weight excluding hydrogens is 266 g/mol. The number of methoxy groups -OCH3 is 2. The predicted molar refractivity (Wildman–Crippen MR) is 70.2 cm³/mol. The minimum atomic E-state index is -1.10. The Hall–Kier alpha value is -2.28. The van der Waals surface area contributed by atoms with E-state index in [1.807, 2.05) is 0 Å². The molecule has 0 aliphatic heterocycles. The van der Waals surface area contributed by atoms with Gasteiger partial charge in [0.25, 0.3) is 0 Å². The van der Waals surface area contributed by atoms with Crippen LogP contribution in [0.1, 0.15) is 12.5 Å². The maximum absolute atomic E-state index is 11.1. The van der Waals surface area contributed by atoms with Gasteiger partial charge in [-0.3, -0.25) is 9.59 Å². The smallest absolute Gasteiger partial charge is 0.320 e. The maximum Gasteiger partial charge on any atom is 0.320 e. The first-order valence-electron chi connectivity index (χ1n) is 5.80. The Kier molecular flexibility index (Phi) is 5.33. The largest absolute Gasteiger partial charge is 0.493 e. The summed E-state index contributed by atoms with van der Waals surface area (Å²) in [5.41, 5.74) is 6.09. The zero-order chi connectivity index (χ0) is 15.3. The summed E-state index contributed by atoms with van der Waals surface area (Å²) in [4.78, 5) is 21.8. The van der Waals surface area contributed by atoms with Crippen molar-refractivity contribution in [2.45, 2.75) is 19.4 Å². The van der Waals surface area contributed by atoms with E-state index in [0.29, 0.717) is 5.56 Å². The van der Waals surface area contributed by atoms with E-state index < -0.39 is 18.0 Å². The first-order chi connectivity index (χ1) is 9.38. The molecule has 0 amide bonds. The maximum atomic E-state index is 11.1. The Morgan fingerprint density at radius 2 is 1.75 bits per heavy atom. The van der Waals surface area contributed by atoms with Crippen LogP contribution in [0.25, 0.3) is 0 Å². The lowest BCUT2D eigenvalue weighted by molar-refractivity contribution is -0.138. The van der Waals surface area contributed by atoms with Crippen LogP contribution in [0.4, 0.5) is 0 Å². The fourth-order valence-electron chi connectivity index (χ4n) is 1.64. The van der Waals surface area contributed by atoms with Crippen LogP contribution in [0, 0.1) is 0 Å². The minimum absolute atomic E-state index is 0.0996. The number of esters is 1. The number of hydrogen-bond acceptors (Lipinski definition) is 6. The number of hydrogen-bond donors (Lipinski definition) is 2. The number of carbonyl (C=O) groups is 2. The Bertz CT molecular complexity index is 489. The molecule has 0 saturated carbocycles. The summed E-state index contributed by atoms with van der Waals surface area (Å²) in [5, 5.41) is 8.81. The summed E-state index contributed by atoms with van der Waals surface area (Å²) in [6.07, 6.45) is 0.0996. The van der Waals surface area contributed by atoms with Crippen molar-refractivity contribution in [3.8, 4) is 17.2 Å². The van der Waals surface area contributed by atoms with E-state index in [1.54, 1.807) is 12.1 Å². The van der Waals surface area contributed by atoms with Crippen molar-refractivity contribution in [1.29, 1.82) is 0 Å². The molecule has 1 unspecified atom stereocenters. The van der Waals surface area contributed by atoms with Crippen molar-refractivity contribution < 1.29 is 28.9 Å². The van der Waals surface area contributed by atoms with Crippen LogP contribution in [0.5, 0.6) is 17.2 Å². The quantitative estimate of drug-likeness (QED) is 0.580. The summed E-state index contributed by atoms with van der Waals surface area (Å²) in [6, 6.07) is 2.08. The molecule has 0 bridgehead atoms. The molecule has 0 aromatic heterocycles. The monoisotopic (exact) mass is 283 g/mol. The van der Waals surface area contributed by atoms with E-state index >= 15 is 0 Å². The summed E-state index contributed by atoms with van der Waals surface area (Å²) in [6.45, 7) is 1.26. The molecule has 20 heavy (non-hydrogen) atoms. The molecule has 0 fully saturated rings. The molecular formula is C13H17NO6. The van der Waals surface area contributed by atoms with Crippen LogP contribution in [0.15, 0.2) is 12.1 Å². The molecule has 1 atom stereocenters. The average Bonchev–Trinajstić information content (AvgIpc) is 2.39. The number of carbonyl (C=O) groups excluding carboxylic acids is 1. The van der Waals surface area contributed by atoms with Crippen LogP contribution in [-0.2, 0) is 16.0 Å². The normalized spacial score (nSPS) is 11.6. The van der Waals surface area contributed by atoms with Gasteiger partial charge < -0.3 is 25.1 Å². The van der Waals surface area contributed by atoms with E-state index in [2.05, 4.69) is 0 Å². The van der Waals surface area contributed by atoms with E-state index in [0.717, 1.165) is 0 Å². The van der Waals surface area contributed by atoms with Crippen molar-refractivity contribution in [1.82, 2.24) is 0 Å². The average molecular weight is 283 g/mol. The molecule has 1 aromatic rings. The van der Waals surface area contributed by atoms with Crippen LogP contribution in [-0.4, -0.2) is 37.3 Å². The Balaban J connectivity index is 3.18. The molecule has 1 rings (SSSR count). The lowest BCUT2D eigenvalue weighted by atomic mass is 10.1. The van der Waals surface area contributed by atoms with Gasteiger partial charge in [-0.25, -0.2) is 0 Å². The lowest BCUT2D eigenvalue weighted by Gasteiger charge is -2.15. The van der Waals surface area contributed by atoms with E-state index in [-0.39, 0.29) is 23.7 Å². The van der Waals surface area contributed by atoms with Crippen LogP contribution < -0.4 is 19.9 Å². The molecule has 7 heteroatoms. The van der Waals surface area contributed by atoms with Gasteiger partial charge in [-0.2, -0.15) is 0 Å². The Morgan fingerprint density at radius 1 is 1.25 bits per heavy atom. The molecule has 110 valence electrons. The highest BCUT2D eigenvalue weighted by Gasteiger charge is 2.19. The van der Waals surface area contributed by atoms with Crippen molar-refractivity contribution in [2.24, 2.45) is 5.73 Å². The van der Waals surface area contributed by atoms with Gasteiger partial charge in [0.1, 0.15) is 6.04 Å². The number of aliphatic carboxylic acids is 1. The fraction of sp³-hybridized carbons (Fsp3) is 0.385. The summed E-state index contributed by atoms with van der Waals surface area (Å²) >= 11 is 0. The molecule has 3 N–H and O–H groups in total. The molecule has 0 radical (unpaired) electrons. The second-order valence-corrected chi connectivity index (χ2v) is 4.07. The number of carboxylic acids is 1. The number of carboxylic acid groups (broad SMARTS) is 1. The number of nitrogens with two attached hydrogens (primary N) is 1. The van der Waals surface area contributed by atoms with Gasteiger partial charge in [0, 0.05) is 6.92 Å². The summed E-state index contributed by atoms with van der Waals surface area (Å²) < 4.78 is 15.3. The van der Waals surface area contributed by atoms with Gasteiger partial charge >= 0.3 is 11.9 Å². The van der Waals surface area contributed by atoms with Gasteiger partial charge in [0.15, 0.2) is 11.5 Å². The zero-order valence-corrected chi connectivity index (χ0v) is 11.5. The Labute approximate surface area is 116 Å². The molecule has 0 saturated heterocycles. The predicted octanol–water partition coefficient (Wildman–Crippen LogP) is 0.583. The minimum Gasteiger partial charge on any atom is -0.493 e. The van der Waals surface area contributed by atoms with Gasteiger partial charge in [0.05, 0.1) is 14.2 Å². The number of ether oxygens (including phenoxy) is 3. The molecule has 1 aromatic carbocycles. The SMILES string of the molecule is COc1cc(CC(N)C(=O)O)cc(OC)c1OC(C)=O. The van der Waals surface area contributed by atoms with Gasteiger partial charge in [-0.1, -0.05) is 0 Å². The fourth-order valence-corrected chi connectivity index (χ4v) is 1.64. The second-order valence-electron chi connectivity index (χ2n) is 4.07. The van der Waals surface area contributed by atoms with Gasteiger partial charge in [0.2, 0.25) is 5.75 Å². The standard InChI is InChI=1S/C13H17NO6/c1-7(15)20-12-10(18-2)5-8(6-11(12)19-3)4-9(14)13(16)17/h5-6,9H,4,14H2,1-3H3,(H,16,17). The molecule has 7 nitrogen and oxygen atoms in total. The molecule has 0 aliphatic carbocycles. The van der Waals surface area contributed by atoms with Gasteiger partial charge in [-0.15, -0.1) is 0 Å². The van der Waals surface area contributed by atoms with Crippen molar-refractivity contribution in [2.75, 3.05) is 14.2 Å². The third kappa shape index (κ3) is 3.86. The van der Waals surface area contributed by atoms with E-state index in [9.17, 15) is 9.59 Å². The molecule has 0 aliphatic rings. The first-order valence-corrected chi connectivity index (χ1v) is 5.80. The Morgan fingerprint density at radius 3 is 2.10 bits per heavy atom. The van der Waals surface area contributed by atoms with Gasteiger partial charge in [-0.05, 0) is 24.1 Å². The highest BCUT2D eigenvalue weighted by molar-refractivity contribution is 5.74. The third-order valence-electron chi connectivity index (χ3n) is 2.54.